The van der Waals surface area contributed by atoms with Gasteiger partial charge in [-0.3, -0.25) is 9.69 Å². The number of ether oxygens (including phenoxy) is 1. The molecule has 3 nitrogen and oxygen atoms in total. The molecule has 0 radical (unpaired) electrons. The molecular formula is C15H17F2NO2. The summed E-state index contributed by atoms with van der Waals surface area (Å²) in [6.45, 7) is 2.23. The quantitative estimate of drug-likeness (QED) is 0.794. The van der Waals surface area contributed by atoms with E-state index in [0.717, 1.165) is 32.0 Å². The Morgan fingerprint density at radius 2 is 1.95 bits per heavy atom. The van der Waals surface area contributed by atoms with Gasteiger partial charge in [-0.25, -0.2) is 8.78 Å². The molecule has 0 aliphatic carbocycles. The average Bonchev–Trinajstić information content (AvgIpc) is 2.78. The summed E-state index contributed by atoms with van der Waals surface area (Å²) in [6, 6.07) is 3.72. The molecule has 5 heteroatoms. The summed E-state index contributed by atoms with van der Waals surface area (Å²) >= 11 is 0. The minimum absolute atomic E-state index is 0.152. The molecule has 2 unspecified atom stereocenters. The van der Waals surface area contributed by atoms with Crippen LogP contribution in [-0.4, -0.2) is 42.5 Å². The van der Waals surface area contributed by atoms with E-state index in [1.54, 1.807) is 0 Å². The van der Waals surface area contributed by atoms with E-state index >= 15 is 0 Å². The predicted molar refractivity (Wildman–Crippen MR) is 69.6 cm³/mol. The molecule has 2 aliphatic rings. The number of likely N-dealkylation sites (tertiary alicyclic amines) is 1. The van der Waals surface area contributed by atoms with Gasteiger partial charge in [0.2, 0.25) is 0 Å². The molecule has 2 heterocycles. The van der Waals surface area contributed by atoms with Crippen molar-refractivity contribution in [3.63, 3.8) is 0 Å². The van der Waals surface area contributed by atoms with Crippen molar-refractivity contribution in [3.8, 4) is 0 Å². The Kier molecular flexibility index (Phi) is 3.81. The highest BCUT2D eigenvalue weighted by Gasteiger charge is 2.33. The number of rotatable bonds is 4. The highest BCUT2D eigenvalue weighted by atomic mass is 19.2. The first-order valence-electron chi connectivity index (χ1n) is 6.98. The summed E-state index contributed by atoms with van der Waals surface area (Å²) < 4.78 is 32.3. The normalized spacial score (nSPS) is 25.9. The summed E-state index contributed by atoms with van der Waals surface area (Å²) in [4.78, 5) is 14.2. The monoisotopic (exact) mass is 281 g/mol. The zero-order valence-electron chi connectivity index (χ0n) is 11.1. The fourth-order valence-corrected chi connectivity index (χ4v) is 3.00. The van der Waals surface area contributed by atoms with Crippen molar-refractivity contribution >= 4 is 5.78 Å². The van der Waals surface area contributed by atoms with Gasteiger partial charge in [0.05, 0.1) is 17.8 Å². The van der Waals surface area contributed by atoms with Crippen molar-refractivity contribution in [2.45, 2.75) is 31.5 Å². The molecule has 0 N–H and O–H groups in total. The van der Waals surface area contributed by atoms with Gasteiger partial charge in [-0.05, 0) is 25.0 Å². The maximum absolute atomic E-state index is 13.5. The Labute approximate surface area is 116 Å². The average molecular weight is 281 g/mol. The fraction of sp³-hybridized carbons (Fsp3) is 0.533. The molecule has 1 aromatic rings. The first-order chi connectivity index (χ1) is 9.63. The number of hydrogen-bond donors (Lipinski definition) is 0. The van der Waals surface area contributed by atoms with E-state index < -0.39 is 11.6 Å². The minimum Gasteiger partial charge on any atom is -0.372 e. The second-order valence-corrected chi connectivity index (χ2v) is 5.49. The van der Waals surface area contributed by atoms with Crippen LogP contribution in [0, 0.1) is 11.6 Å². The third-order valence-electron chi connectivity index (χ3n) is 4.03. The van der Waals surface area contributed by atoms with Gasteiger partial charge < -0.3 is 4.74 Å². The number of Topliss-reactive ketones (excluding diaryl/α,β-unsaturated/α-hetero) is 1. The third kappa shape index (κ3) is 2.74. The topological polar surface area (TPSA) is 29.5 Å². The Morgan fingerprint density at radius 3 is 2.65 bits per heavy atom. The predicted octanol–water partition coefficient (Wildman–Crippen LogP) is 2.40. The lowest BCUT2D eigenvalue weighted by molar-refractivity contribution is -0.0379. The molecule has 2 saturated heterocycles. The van der Waals surface area contributed by atoms with Gasteiger partial charge in [-0.1, -0.05) is 6.07 Å². The smallest absolute Gasteiger partial charge is 0.169 e. The van der Waals surface area contributed by atoms with Crippen molar-refractivity contribution < 1.29 is 18.3 Å². The second-order valence-electron chi connectivity index (χ2n) is 5.49. The SMILES string of the molecule is O=C(CCN1CC2CCC(C1)O2)c1cccc(F)c1F. The lowest BCUT2D eigenvalue weighted by Crippen LogP contribution is -2.43. The maximum atomic E-state index is 13.5. The van der Waals surface area contributed by atoms with Crippen molar-refractivity contribution in [1.82, 2.24) is 4.90 Å². The minimum atomic E-state index is -1.04. The standard InChI is InChI=1S/C15H17F2NO2/c16-13-3-1-2-12(15(13)17)14(19)6-7-18-8-10-4-5-11(9-18)20-10/h1-3,10-11H,4-9H2. The number of hydrogen-bond acceptors (Lipinski definition) is 3. The van der Waals surface area contributed by atoms with E-state index in [-0.39, 0.29) is 30.0 Å². The number of halogens is 2. The van der Waals surface area contributed by atoms with E-state index in [2.05, 4.69) is 4.90 Å². The van der Waals surface area contributed by atoms with Gasteiger partial charge >= 0.3 is 0 Å². The first-order valence-corrected chi connectivity index (χ1v) is 6.98. The van der Waals surface area contributed by atoms with E-state index in [1.165, 1.54) is 12.1 Å². The van der Waals surface area contributed by atoms with Gasteiger partial charge in [-0.15, -0.1) is 0 Å². The van der Waals surface area contributed by atoms with Crippen LogP contribution in [0.25, 0.3) is 0 Å². The molecule has 2 aliphatic heterocycles. The lowest BCUT2D eigenvalue weighted by atomic mass is 10.1. The maximum Gasteiger partial charge on any atom is 0.169 e. The van der Waals surface area contributed by atoms with Crippen LogP contribution in [0.5, 0.6) is 0 Å². The summed E-state index contributed by atoms with van der Waals surface area (Å²) in [7, 11) is 0. The van der Waals surface area contributed by atoms with E-state index in [4.69, 9.17) is 4.74 Å². The largest absolute Gasteiger partial charge is 0.372 e. The third-order valence-corrected chi connectivity index (χ3v) is 4.03. The number of ketones is 1. The Morgan fingerprint density at radius 1 is 1.25 bits per heavy atom. The molecular weight excluding hydrogens is 264 g/mol. The first kappa shape index (κ1) is 13.6. The summed E-state index contributed by atoms with van der Waals surface area (Å²) in [5.41, 5.74) is -0.152. The van der Waals surface area contributed by atoms with E-state index in [0.29, 0.717) is 6.54 Å². The highest BCUT2D eigenvalue weighted by Crippen LogP contribution is 2.26. The molecule has 20 heavy (non-hydrogen) atoms. The highest BCUT2D eigenvalue weighted by molar-refractivity contribution is 5.96. The number of carbonyl (C=O) groups excluding carboxylic acids is 1. The summed E-state index contributed by atoms with van der Waals surface area (Å²) in [6.07, 6.45) is 2.91. The molecule has 108 valence electrons. The zero-order valence-corrected chi connectivity index (χ0v) is 11.1. The van der Waals surface area contributed by atoms with Crippen LogP contribution in [0.1, 0.15) is 29.6 Å². The van der Waals surface area contributed by atoms with Gasteiger partial charge in [0.1, 0.15) is 0 Å². The van der Waals surface area contributed by atoms with Crippen LogP contribution >= 0.6 is 0 Å². The lowest BCUT2D eigenvalue weighted by Gasteiger charge is -2.31. The van der Waals surface area contributed by atoms with Gasteiger partial charge in [0.15, 0.2) is 17.4 Å². The van der Waals surface area contributed by atoms with Crippen LogP contribution < -0.4 is 0 Å². The Hall–Kier alpha value is -1.33. The molecule has 0 amide bonds. The van der Waals surface area contributed by atoms with E-state index in [9.17, 15) is 13.6 Å². The van der Waals surface area contributed by atoms with Crippen LogP contribution in [0.4, 0.5) is 8.78 Å². The number of benzene rings is 1. The van der Waals surface area contributed by atoms with Crippen molar-refractivity contribution in [1.29, 1.82) is 0 Å². The number of fused-ring (bicyclic) bond motifs is 2. The van der Waals surface area contributed by atoms with Gasteiger partial charge in [0.25, 0.3) is 0 Å². The molecule has 0 saturated carbocycles. The van der Waals surface area contributed by atoms with Crippen molar-refractivity contribution in [2.75, 3.05) is 19.6 Å². The van der Waals surface area contributed by atoms with Gasteiger partial charge in [0, 0.05) is 26.1 Å². The zero-order chi connectivity index (χ0) is 14.1. The molecule has 1 aromatic carbocycles. The van der Waals surface area contributed by atoms with Crippen LogP contribution in [0.2, 0.25) is 0 Å². The Balaban J connectivity index is 1.58. The van der Waals surface area contributed by atoms with Crippen LogP contribution in [-0.2, 0) is 4.74 Å². The summed E-state index contributed by atoms with van der Waals surface area (Å²) in [5, 5.41) is 0. The molecule has 2 atom stereocenters. The van der Waals surface area contributed by atoms with Crippen molar-refractivity contribution in [3.05, 3.63) is 35.4 Å². The molecule has 0 spiro atoms. The van der Waals surface area contributed by atoms with Crippen LogP contribution in [0.3, 0.4) is 0 Å². The number of nitrogens with zero attached hydrogens (tertiary/aromatic N) is 1. The molecule has 2 bridgehead atoms. The summed E-state index contributed by atoms with van der Waals surface area (Å²) in [5.74, 6) is -2.36. The molecule has 3 rings (SSSR count). The van der Waals surface area contributed by atoms with Gasteiger partial charge in [-0.2, -0.15) is 0 Å². The van der Waals surface area contributed by atoms with E-state index in [1.807, 2.05) is 0 Å². The van der Waals surface area contributed by atoms with Crippen molar-refractivity contribution in [2.24, 2.45) is 0 Å². The molecule has 0 aromatic heterocycles. The second kappa shape index (κ2) is 5.58. The number of carbonyl (C=O) groups is 1. The Bertz CT molecular complexity index is 509. The fourth-order valence-electron chi connectivity index (χ4n) is 3.00. The number of morpholine rings is 1. The molecule has 2 fully saturated rings. The van der Waals surface area contributed by atoms with Crippen LogP contribution in [0.15, 0.2) is 18.2 Å².